The zero-order valence-electron chi connectivity index (χ0n) is 9.60. The van der Waals surface area contributed by atoms with Crippen molar-refractivity contribution in [1.29, 1.82) is 0 Å². The van der Waals surface area contributed by atoms with Crippen molar-refractivity contribution in [3.8, 4) is 0 Å². The normalized spacial score (nSPS) is 17.1. The third-order valence-electron chi connectivity index (χ3n) is 2.46. The van der Waals surface area contributed by atoms with Crippen molar-refractivity contribution in [1.82, 2.24) is 0 Å². The first kappa shape index (κ1) is 12.6. The van der Waals surface area contributed by atoms with Gasteiger partial charge in [0.05, 0.1) is 4.90 Å². The lowest BCUT2D eigenvalue weighted by Crippen LogP contribution is -1.94. The van der Waals surface area contributed by atoms with E-state index in [1.54, 1.807) is 11.8 Å². The number of thioether (sulfide) groups is 1. The van der Waals surface area contributed by atoms with Gasteiger partial charge in [-0.25, -0.2) is 12.8 Å². The van der Waals surface area contributed by atoms with Crippen LogP contribution in [0.2, 0.25) is 0 Å². The molecule has 0 saturated carbocycles. The highest BCUT2D eigenvalue weighted by Gasteiger charge is 2.27. The molecular weight excluding hydrogens is 259 g/mol. The maximum absolute atomic E-state index is 13.2. The molecular formula is C12H13FO2S2. The third-order valence-corrected chi connectivity index (χ3v) is 5.17. The Hall–Kier alpha value is -0.810. The van der Waals surface area contributed by atoms with E-state index in [-0.39, 0.29) is 4.90 Å². The van der Waals surface area contributed by atoms with E-state index in [1.165, 1.54) is 23.6 Å². The zero-order valence-corrected chi connectivity index (χ0v) is 11.2. The van der Waals surface area contributed by atoms with E-state index in [1.807, 2.05) is 13.8 Å². The van der Waals surface area contributed by atoms with Gasteiger partial charge >= 0.3 is 0 Å². The molecule has 0 unspecified atom stereocenters. The van der Waals surface area contributed by atoms with Crippen molar-refractivity contribution in [2.24, 2.45) is 0 Å². The van der Waals surface area contributed by atoms with Crippen LogP contribution in [0.4, 0.5) is 4.39 Å². The van der Waals surface area contributed by atoms with Gasteiger partial charge in [-0.3, -0.25) is 0 Å². The van der Waals surface area contributed by atoms with E-state index < -0.39 is 15.7 Å². The predicted molar refractivity (Wildman–Crippen MR) is 69.2 cm³/mol. The molecule has 0 spiro atoms. The maximum atomic E-state index is 13.2. The number of rotatable bonds is 3. The van der Waals surface area contributed by atoms with Gasteiger partial charge in [-0.2, -0.15) is 11.8 Å². The van der Waals surface area contributed by atoms with E-state index in [9.17, 15) is 12.8 Å². The summed E-state index contributed by atoms with van der Waals surface area (Å²) in [4.78, 5) is 0.221. The molecule has 0 saturated heterocycles. The van der Waals surface area contributed by atoms with Gasteiger partial charge in [-0.15, -0.1) is 0 Å². The molecule has 1 aromatic rings. The molecule has 1 aromatic carbocycles. The van der Waals surface area contributed by atoms with Gasteiger partial charge in [-0.1, -0.05) is 13.8 Å². The number of benzene rings is 1. The summed E-state index contributed by atoms with van der Waals surface area (Å²) in [6.07, 6.45) is 0. The Bertz CT molecular complexity index is 574. The van der Waals surface area contributed by atoms with Crippen molar-refractivity contribution >= 4 is 27.2 Å². The minimum atomic E-state index is -3.36. The zero-order chi connectivity index (χ0) is 12.6. The topological polar surface area (TPSA) is 34.1 Å². The molecule has 5 heteroatoms. The van der Waals surface area contributed by atoms with Crippen LogP contribution in [0, 0.1) is 5.82 Å². The molecule has 0 N–H and O–H groups in total. The van der Waals surface area contributed by atoms with Crippen LogP contribution in [0.15, 0.2) is 28.5 Å². The van der Waals surface area contributed by atoms with E-state index in [2.05, 4.69) is 0 Å². The second-order valence-corrected chi connectivity index (χ2v) is 7.52. The molecule has 0 aliphatic carbocycles. The van der Waals surface area contributed by atoms with Crippen LogP contribution in [0.3, 0.4) is 0 Å². The van der Waals surface area contributed by atoms with E-state index in [4.69, 9.17) is 0 Å². The van der Waals surface area contributed by atoms with Crippen LogP contribution >= 0.6 is 11.8 Å². The van der Waals surface area contributed by atoms with Gasteiger partial charge < -0.3 is 0 Å². The molecule has 0 bridgehead atoms. The lowest BCUT2D eigenvalue weighted by Gasteiger charge is -2.06. The Morgan fingerprint density at radius 2 is 2.06 bits per heavy atom. The van der Waals surface area contributed by atoms with Crippen LogP contribution in [0.5, 0.6) is 0 Å². The van der Waals surface area contributed by atoms with Crippen molar-refractivity contribution < 1.29 is 12.8 Å². The van der Waals surface area contributed by atoms with Gasteiger partial charge in [0.25, 0.3) is 0 Å². The fourth-order valence-corrected chi connectivity index (χ4v) is 4.01. The lowest BCUT2D eigenvalue weighted by atomic mass is 10.1. The highest BCUT2D eigenvalue weighted by molar-refractivity contribution is 8.00. The van der Waals surface area contributed by atoms with Crippen LogP contribution in [0.1, 0.15) is 19.4 Å². The largest absolute Gasteiger partial charge is 0.219 e. The molecule has 2 rings (SSSR count). The van der Waals surface area contributed by atoms with Gasteiger partial charge in [0.1, 0.15) is 5.82 Å². The first-order valence-corrected chi connectivity index (χ1v) is 7.87. The molecule has 0 atom stereocenters. The molecule has 2 nitrogen and oxygen atoms in total. The second kappa shape index (κ2) is 4.46. The summed E-state index contributed by atoms with van der Waals surface area (Å²) >= 11 is 1.64. The van der Waals surface area contributed by atoms with Gasteiger partial charge in [0.15, 0.2) is 0 Å². The van der Waals surface area contributed by atoms with Gasteiger partial charge in [0, 0.05) is 16.7 Å². The number of fused-ring (bicyclic) bond motifs is 1. The van der Waals surface area contributed by atoms with E-state index >= 15 is 0 Å². The average Bonchev–Trinajstić information content (AvgIpc) is 2.47. The highest BCUT2D eigenvalue weighted by atomic mass is 32.2. The van der Waals surface area contributed by atoms with Gasteiger partial charge in [0.2, 0.25) is 9.84 Å². The van der Waals surface area contributed by atoms with E-state index in [0.717, 1.165) is 0 Å². The lowest BCUT2D eigenvalue weighted by molar-refractivity contribution is 0.604. The van der Waals surface area contributed by atoms with Crippen molar-refractivity contribution in [2.75, 3.05) is 5.75 Å². The summed E-state index contributed by atoms with van der Waals surface area (Å²) in [5, 5.41) is 1.67. The Labute approximate surface area is 105 Å². The number of sulfone groups is 1. The SMILES string of the molecule is CC(C)SCC1=CS(=O)(=O)c2ccc(F)cc21. The predicted octanol–water partition coefficient (Wildman–Crippen LogP) is 3.10. The molecule has 0 amide bonds. The quantitative estimate of drug-likeness (QED) is 0.793. The van der Waals surface area contributed by atoms with Crippen molar-refractivity contribution in [2.45, 2.75) is 24.0 Å². The summed E-state index contributed by atoms with van der Waals surface area (Å²) in [6, 6.07) is 3.82. The molecule has 0 fully saturated rings. The fraction of sp³-hybridized carbons (Fsp3) is 0.333. The average molecular weight is 272 g/mol. The summed E-state index contributed by atoms with van der Waals surface area (Å²) in [7, 11) is -3.36. The Kier molecular flexibility index (Phi) is 3.32. The fourth-order valence-electron chi connectivity index (χ4n) is 1.68. The molecule has 1 aliphatic heterocycles. The van der Waals surface area contributed by atoms with Crippen LogP contribution < -0.4 is 0 Å². The van der Waals surface area contributed by atoms with Crippen molar-refractivity contribution in [3.05, 3.63) is 35.0 Å². The van der Waals surface area contributed by atoms with Gasteiger partial charge in [-0.05, 0) is 29.0 Å². The molecule has 17 heavy (non-hydrogen) atoms. The second-order valence-electron chi connectivity index (χ2n) is 4.19. The van der Waals surface area contributed by atoms with Crippen molar-refractivity contribution in [3.63, 3.8) is 0 Å². The minimum Gasteiger partial charge on any atom is -0.219 e. The summed E-state index contributed by atoms with van der Waals surface area (Å²) in [6.45, 7) is 4.09. The first-order chi connectivity index (χ1) is 7.90. The number of halogens is 1. The van der Waals surface area contributed by atoms with E-state index in [0.29, 0.717) is 22.1 Å². The summed E-state index contributed by atoms with van der Waals surface area (Å²) < 4.78 is 36.8. The van der Waals surface area contributed by atoms with Crippen LogP contribution in [-0.2, 0) is 9.84 Å². The number of hydrogen-bond donors (Lipinski definition) is 0. The summed E-state index contributed by atoms with van der Waals surface area (Å²) in [5.41, 5.74) is 1.20. The monoisotopic (exact) mass is 272 g/mol. The highest BCUT2D eigenvalue weighted by Crippen LogP contribution is 2.36. The standard InChI is InChI=1S/C12H13FO2S2/c1-8(2)16-6-9-7-17(14,15)12-4-3-10(13)5-11(9)12/h3-5,7-8H,6H2,1-2H3. The smallest absolute Gasteiger partial charge is 0.200 e. The van der Waals surface area contributed by atoms with Crippen LogP contribution in [-0.4, -0.2) is 19.4 Å². The Morgan fingerprint density at radius 1 is 1.35 bits per heavy atom. The minimum absolute atomic E-state index is 0.221. The summed E-state index contributed by atoms with van der Waals surface area (Å²) in [5.74, 6) is 0.189. The Morgan fingerprint density at radius 3 is 2.71 bits per heavy atom. The molecule has 0 aromatic heterocycles. The Balaban J connectivity index is 2.41. The molecule has 92 valence electrons. The first-order valence-electron chi connectivity index (χ1n) is 5.27. The maximum Gasteiger partial charge on any atom is 0.200 e. The third kappa shape index (κ3) is 2.55. The number of hydrogen-bond acceptors (Lipinski definition) is 3. The molecule has 1 heterocycles. The van der Waals surface area contributed by atoms with Crippen LogP contribution in [0.25, 0.3) is 5.57 Å². The molecule has 0 radical (unpaired) electrons. The molecule has 1 aliphatic rings.